The minimum atomic E-state index is -4.24. The minimum absolute atomic E-state index is 0.289. The van der Waals surface area contributed by atoms with Crippen molar-refractivity contribution in [1.82, 2.24) is 5.32 Å². The lowest BCUT2D eigenvalue weighted by atomic mass is 10.1. The van der Waals surface area contributed by atoms with Gasteiger partial charge in [0.15, 0.2) is 0 Å². The average molecular weight is 247 g/mol. The van der Waals surface area contributed by atoms with E-state index in [4.69, 9.17) is 5.11 Å². The monoisotopic (exact) mass is 247 g/mol. The highest BCUT2D eigenvalue weighted by atomic mass is 19.4. The molecular weight excluding hydrogens is 231 g/mol. The van der Waals surface area contributed by atoms with Gasteiger partial charge in [-0.25, -0.2) is 0 Å². The smallest absolute Gasteiger partial charge is 0.395 e. The summed E-state index contributed by atoms with van der Waals surface area (Å²) in [6.07, 6.45) is -3.10. The van der Waals surface area contributed by atoms with Crippen molar-refractivity contribution in [3.63, 3.8) is 0 Å². The van der Waals surface area contributed by atoms with Gasteiger partial charge in [0, 0.05) is 6.04 Å². The Labute approximate surface area is 98.5 Å². The molecule has 0 aliphatic rings. The lowest BCUT2D eigenvalue weighted by molar-refractivity contribution is -0.126. The van der Waals surface area contributed by atoms with Crippen LogP contribution in [0, 0.1) is 0 Å². The van der Waals surface area contributed by atoms with Crippen LogP contribution in [0.25, 0.3) is 0 Å². The van der Waals surface area contributed by atoms with E-state index in [1.54, 1.807) is 0 Å². The van der Waals surface area contributed by atoms with Crippen molar-refractivity contribution in [1.29, 1.82) is 0 Å². The highest BCUT2D eigenvalue weighted by molar-refractivity contribution is 5.14. The van der Waals surface area contributed by atoms with Crippen LogP contribution >= 0.6 is 0 Å². The molecule has 2 N–H and O–H groups in total. The second kappa shape index (κ2) is 6.61. The van der Waals surface area contributed by atoms with Gasteiger partial charge in [-0.3, -0.25) is 0 Å². The Bertz CT molecular complexity index is 313. The van der Waals surface area contributed by atoms with Crippen molar-refractivity contribution in [2.45, 2.75) is 25.1 Å². The highest BCUT2D eigenvalue weighted by Gasteiger charge is 2.27. The molecule has 0 aliphatic heterocycles. The fourth-order valence-corrected chi connectivity index (χ4v) is 1.50. The Morgan fingerprint density at radius 3 is 2.35 bits per heavy atom. The number of hydrogen-bond donors (Lipinski definition) is 2. The third-order valence-electron chi connectivity index (χ3n) is 2.44. The lowest BCUT2D eigenvalue weighted by Crippen LogP contribution is -2.39. The first-order valence-corrected chi connectivity index (χ1v) is 5.46. The van der Waals surface area contributed by atoms with E-state index in [9.17, 15) is 13.2 Å². The van der Waals surface area contributed by atoms with Gasteiger partial charge in [0.25, 0.3) is 0 Å². The van der Waals surface area contributed by atoms with Crippen molar-refractivity contribution in [3.05, 3.63) is 35.9 Å². The summed E-state index contributed by atoms with van der Waals surface area (Å²) in [6, 6.07) is 8.96. The highest BCUT2D eigenvalue weighted by Crippen LogP contribution is 2.13. The Hall–Kier alpha value is -1.07. The number of benzene rings is 1. The quantitative estimate of drug-likeness (QED) is 0.807. The molecule has 0 radical (unpaired) electrons. The number of alkyl halides is 3. The molecule has 1 aromatic carbocycles. The van der Waals surface area contributed by atoms with E-state index in [0.29, 0.717) is 12.8 Å². The number of halogens is 3. The summed E-state index contributed by atoms with van der Waals surface area (Å²) in [6.45, 7) is -1.35. The molecule has 1 atom stereocenters. The van der Waals surface area contributed by atoms with Gasteiger partial charge in [0.1, 0.15) is 0 Å². The summed E-state index contributed by atoms with van der Waals surface area (Å²) < 4.78 is 35.9. The van der Waals surface area contributed by atoms with Gasteiger partial charge in [-0.1, -0.05) is 30.3 Å². The van der Waals surface area contributed by atoms with E-state index in [1.807, 2.05) is 30.3 Å². The summed E-state index contributed by atoms with van der Waals surface area (Å²) in [5.41, 5.74) is 1.06. The molecule has 0 bridgehead atoms. The van der Waals surface area contributed by atoms with Crippen LogP contribution in [-0.2, 0) is 6.42 Å². The zero-order chi connectivity index (χ0) is 12.7. The number of aliphatic hydroxyl groups is 1. The maximum absolute atomic E-state index is 12.0. The fourth-order valence-electron chi connectivity index (χ4n) is 1.50. The third kappa shape index (κ3) is 6.28. The van der Waals surface area contributed by atoms with Crippen LogP contribution in [0.4, 0.5) is 13.2 Å². The van der Waals surface area contributed by atoms with Gasteiger partial charge >= 0.3 is 6.18 Å². The molecule has 0 saturated carbocycles. The maximum Gasteiger partial charge on any atom is 0.401 e. The van der Waals surface area contributed by atoms with E-state index in [-0.39, 0.29) is 6.61 Å². The number of hydrogen-bond acceptors (Lipinski definition) is 2. The molecule has 2 nitrogen and oxygen atoms in total. The summed E-state index contributed by atoms with van der Waals surface area (Å²) in [5.74, 6) is 0. The number of aliphatic hydroxyl groups excluding tert-OH is 1. The van der Waals surface area contributed by atoms with Gasteiger partial charge in [0.05, 0.1) is 13.2 Å². The van der Waals surface area contributed by atoms with Crippen LogP contribution in [0.1, 0.15) is 12.0 Å². The zero-order valence-electron chi connectivity index (χ0n) is 9.37. The maximum atomic E-state index is 12.0. The van der Waals surface area contributed by atoms with Crippen molar-refractivity contribution in [2.75, 3.05) is 13.2 Å². The number of rotatable bonds is 6. The molecule has 0 amide bonds. The van der Waals surface area contributed by atoms with Gasteiger partial charge in [0.2, 0.25) is 0 Å². The van der Waals surface area contributed by atoms with E-state index >= 15 is 0 Å². The van der Waals surface area contributed by atoms with Crippen molar-refractivity contribution < 1.29 is 18.3 Å². The van der Waals surface area contributed by atoms with Crippen molar-refractivity contribution >= 4 is 0 Å². The predicted molar refractivity (Wildman–Crippen MR) is 59.7 cm³/mol. The standard InChI is InChI=1S/C12H16F3NO/c13-12(14,15)9-16-11(8-17)7-6-10-4-2-1-3-5-10/h1-5,11,16-17H,6-9H2. The molecular formula is C12H16F3NO. The first-order chi connectivity index (χ1) is 8.01. The Morgan fingerprint density at radius 1 is 1.18 bits per heavy atom. The lowest BCUT2D eigenvalue weighted by Gasteiger charge is -2.17. The molecule has 17 heavy (non-hydrogen) atoms. The van der Waals surface area contributed by atoms with Crippen LogP contribution in [0.3, 0.4) is 0 Å². The largest absolute Gasteiger partial charge is 0.401 e. The molecule has 0 aromatic heterocycles. The van der Waals surface area contributed by atoms with E-state index in [2.05, 4.69) is 5.32 Å². The Balaban J connectivity index is 2.33. The normalized spacial score (nSPS) is 13.6. The minimum Gasteiger partial charge on any atom is -0.395 e. The van der Waals surface area contributed by atoms with E-state index < -0.39 is 18.8 Å². The first kappa shape index (κ1) is 14.0. The molecule has 96 valence electrons. The molecule has 0 saturated heterocycles. The first-order valence-electron chi connectivity index (χ1n) is 5.46. The third-order valence-corrected chi connectivity index (χ3v) is 2.44. The molecule has 0 aliphatic carbocycles. The van der Waals surface area contributed by atoms with Crippen molar-refractivity contribution in [3.8, 4) is 0 Å². The average Bonchev–Trinajstić information content (AvgIpc) is 2.29. The SMILES string of the molecule is OCC(CCc1ccccc1)NCC(F)(F)F. The molecule has 1 aromatic rings. The van der Waals surface area contributed by atoms with Gasteiger partial charge < -0.3 is 10.4 Å². The van der Waals surface area contributed by atoms with Crippen LogP contribution in [-0.4, -0.2) is 30.5 Å². The second-order valence-corrected chi connectivity index (χ2v) is 3.90. The summed E-state index contributed by atoms with van der Waals surface area (Å²) in [7, 11) is 0. The van der Waals surface area contributed by atoms with Crippen LogP contribution in [0.15, 0.2) is 30.3 Å². The molecule has 1 rings (SSSR count). The van der Waals surface area contributed by atoms with E-state index in [0.717, 1.165) is 5.56 Å². The zero-order valence-corrected chi connectivity index (χ0v) is 9.37. The molecule has 0 spiro atoms. The van der Waals surface area contributed by atoms with Crippen molar-refractivity contribution in [2.24, 2.45) is 0 Å². The fraction of sp³-hybridized carbons (Fsp3) is 0.500. The topological polar surface area (TPSA) is 32.3 Å². The summed E-state index contributed by atoms with van der Waals surface area (Å²) in [5, 5.41) is 11.3. The molecule has 1 unspecified atom stereocenters. The number of nitrogens with one attached hydrogen (secondary N) is 1. The summed E-state index contributed by atoms with van der Waals surface area (Å²) >= 11 is 0. The van der Waals surface area contributed by atoms with Gasteiger partial charge in [-0.15, -0.1) is 0 Å². The summed E-state index contributed by atoms with van der Waals surface area (Å²) in [4.78, 5) is 0. The molecule has 5 heteroatoms. The van der Waals surface area contributed by atoms with Gasteiger partial charge in [-0.2, -0.15) is 13.2 Å². The van der Waals surface area contributed by atoms with Crippen LogP contribution in [0.5, 0.6) is 0 Å². The van der Waals surface area contributed by atoms with E-state index in [1.165, 1.54) is 0 Å². The van der Waals surface area contributed by atoms with Crippen LogP contribution in [0.2, 0.25) is 0 Å². The second-order valence-electron chi connectivity index (χ2n) is 3.90. The molecule has 0 fully saturated rings. The number of aryl methyl sites for hydroxylation is 1. The molecule has 0 heterocycles. The Morgan fingerprint density at radius 2 is 1.82 bits per heavy atom. The van der Waals surface area contributed by atoms with Gasteiger partial charge in [-0.05, 0) is 18.4 Å². The van der Waals surface area contributed by atoms with Crippen LogP contribution < -0.4 is 5.32 Å². The predicted octanol–water partition coefficient (Wildman–Crippen LogP) is 2.13. The Kier molecular flexibility index (Phi) is 5.44.